The van der Waals surface area contributed by atoms with Gasteiger partial charge in [0.1, 0.15) is 23.2 Å². The van der Waals surface area contributed by atoms with Crippen molar-refractivity contribution >= 4 is 77.2 Å². The molecule has 352 valence electrons. The molecule has 75 heavy (non-hydrogen) atoms. The molecule has 14 aromatic rings. The summed E-state index contributed by atoms with van der Waals surface area (Å²) < 4.78 is 11.2. The molecule has 15 rings (SSSR count). The molecule has 11 aromatic carbocycles. The minimum absolute atomic E-state index is 0.540. The summed E-state index contributed by atoms with van der Waals surface area (Å²) in [6, 6.07) is 93.1. The van der Waals surface area contributed by atoms with Gasteiger partial charge in [0, 0.05) is 54.7 Å². The molecule has 0 aliphatic carbocycles. The van der Waals surface area contributed by atoms with Gasteiger partial charge in [0.25, 0.3) is 0 Å². The van der Waals surface area contributed by atoms with E-state index >= 15 is 0 Å². The predicted molar refractivity (Wildman–Crippen MR) is 311 cm³/mol. The van der Waals surface area contributed by atoms with Gasteiger partial charge >= 0.3 is 0 Å². The van der Waals surface area contributed by atoms with Crippen molar-refractivity contribution in [3.63, 3.8) is 0 Å². The molecule has 4 heterocycles. The highest BCUT2D eigenvalue weighted by atomic mass is 16.3. The van der Waals surface area contributed by atoms with Crippen molar-refractivity contribution in [2.24, 2.45) is 9.98 Å². The quantitative estimate of drug-likeness (QED) is 0.165. The van der Waals surface area contributed by atoms with Gasteiger partial charge in [-0.3, -0.25) is 0 Å². The SMILES string of the molecule is c1ccc(-c2cccc(C3=NC(c4ccc(-c5ccccc5)cc4-n4c5ccccc5c5c(-c6cccc7c6c6ccccc6n7-c6ccccc6)cccc54)NC(c4ccc5oc6ccccc6c5c4)=N3)c2)cc1. The van der Waals surface area contributed by atoms with Gasteiger partial charge in [-0.25, -0.2) is 9.98 Å². The smallest absolute Gasteiger partial charge is 0.159 e. The summed E-state index contributed by atoms with van der Waals surface area (Å²) in [6.07, 6.45) is -0.540. The minimum Gasteiger partial charge on any atom is -0.456 e. The Bertz CT molecular complexity index is 4620. The van der Waals surface area contributed by atoms with Crippen molar-refractivity contribution in [3.8, 4) is 44.8 Å². The maximum atomic E-state index is 6.31. The van der Waals surface area contributed by atoms with Gasteiger partial charge in [0.05, 0.1) is 27.8 Å². The van der Waals surface area contributed by atoms with Crippen LogP contribution in [0.3, 0.4) is 0 Å². The average molecular weight is 960 g/mol. The fourth-order valence-corrected chi connectivity index (χ4v) is 11.6. The molecular formula is C69H45N5O. The van der Waals surface area contributed by atoms with E-state index in [0.717, 1.165) is 89.1 Å². The Hall–Kier alpha value is -10.0. The topological polar surface area (TPSA) is 59.8 Å². The first-order valence-electron chi connectivity index (χ1n) is 25.5. The lowest BCUT2D eigenvalue weighted by Gasteiger charge is -2.26. The number of nitrogens with one attached hydrogen (secondary N) is 1. The highest BCUT2D eigenvalue weighted by Gasteiger charge is 2.28. The number of fused-ring (bicyclic) bond motifs is 9. The number of furan rings is 1. The fraction of sp³-hybridized carbons (Fsp3) is 0.0145. The van der Waals surface area contributed by atoms with Gasteiger partial charge in [-0.1, -0.05) is 188 Å². The summed E-state index contributed by atoms with van der Waals surface area (Å²) in [6.45, 7) is 0. The number of aromatic nitrogens is 2. The Morgan fingerprint density at radius 2 is 0.880 bits per heavy atom. The van der Waals surface area contributed by atoms with Crippen LogP contribution in [0.2, 0.25) is 0 Å². The van der Waals surface area contributed by atoms with Gasteiger partial charge in [-0.2, -0.15) is 0 Å². The number of nitrogens with zero attached hydrogens (tertiary/aromatic N) is 4. The summed E-state index contributed by atoms with van der Waals surface area (Å²) >= 11 is 0. The number of hydrogen-bond donors (Lipinski definition) is 1. The molecule has 0 spiro atoms. The first-order valence-corrected chi connectivity index (χ1v) is 25.5. The molecular weight excluding hydrogens is 915 g/mol. The number of rotatable bonds is 8. The monoisotopic (exact) mass is 959 g/mol. The molecule has 0 amide bonds. The van der Waals surface area contributed by atoms with Crippen LogP contribution in [0.4, 0.5) is 0 Å². The van der Waals surface area contributed by atoms with Gasteiger partial charge < -0.3 is 18.9 Å². The third-order valence-electron chi connectivity index (χ3n) is 15.0. The molecule has 1 N–H and O–H groups in total. The zero-order valence-electron chi connectivity index (χ0n) is 40.6. The van der Waals surface area contributed by atoms with Gasteiger partial charge in [-0.05, 0) is 106 Å². The van der Waals surface area contributed by atoms with Crippen molar-refractivity contribution in [2.75, 3.05) is 0 Å². The lowest BCUT2D eigenvalue weighted by Crippen LogP contribution is -2.34. The van der Waals surface area contributed by atoms with Crippen LogP contribution in [-0.2, 0) is 0 Å². The lowest BCUT2D eigenvalue weighted by molar-refractivity contribution is 0.668. The van der Waals surface area contributed by atoms with Crippen molar-refractivity contribution in [1.29, 1.82) is 0 Å². The zero-order valence-corrected chi connectivity index (χ0v) is 40.6. The molecule has 6 nitrogen and oxygen atoms in total. The molecule has 6 heteroatoms. The number of aliphatic imine (C=N–C) groups is 2. The van der Waals surface area contributed by atoms with Crippen LogP contribution in [-0.4, -0.2) is 20.8 Å². The third kappa shape index (κ3) is 7.02. The number of para-hydroxylation sites is 4. The lowest BCUT2D eigenvalue weighted by atomic mass is 9.95. The molecule has 1 aliphatic rings. The summed E-state index contributed by atoms with van der Waals surface area (Å²) in [7, 11) is 0. The molecule has 0 saturated carbocycles. The Labute approximate surface area is 432 Å². The van der Waals surface area contributed by atoms with Gasteiger partial charge in [0.15, 0.2) is 5.84 Å². The van der Waals surface area contributed by atoms with Gasteiger partial charge in [0.2, 0.25) is 0 Å². The van der Waals surface area contributed by atoms with Crippen LogP contribution >= 0.6 is 0 Å². The highest BCUT2D eigenvalue weighted by molar-refractivity contribution is 6.22. The molecule has 3 aromatic heterocycles. The van der Waals surface area contributed by atoms with E-state index in [1.54, 1.807) is 0 Å². The standard InChI is InChI=1S/C69H45N5O/c1-4-19-44(20-5-1)46-23-16-24-48(41-46)67-70-68(49-38-40-64-57(42-49)51-27-12-15-36-63(51)75-64)72-69(71-67)56-39-37-47(45-21-6-2-7-22-45)43-62(56)74-59-33-14-11-29-55(59)66-53(31-18-35-61(66)74)52-30-17-34-60-65(52)54-28-10-13-32-58(54)73(60)50-25-8-3-9-26-50/h1-43,69H,(H,70,71,72). The Morgan fingerprint density at radius 1 is 0.360 bits per heavy atom. The van der Waals surface area contributed by atoms with Crippen LogP contribution in [0.15, 0.2) is 275 Å². The summed E-state index contributed by atoms with van der Waals surface area (Å²) in [5.74, 6) is 1.38. The second kappa shape index (κ2) is 17.3. The van der Waals surface area contributed by atoms with E-state index in [1.165, 1.54) is 43.7 Å². The average Bonchev–Trinajstić information content (AvgIpc) is 4.22. The maximum Gasteiger partial charge on any atom is 0.159 e. The van der Waals surface area contributed by atoms with Crippen molar-refractivity contribution < 1.29 is 4.42 Å². The first kappa shape index (κ1) is 42.6. The van der Waals surface area contributed by atoms with E-state index in [-0.39, 0.29) is 0 Å². The fourth-order valence-electron chi connectivity index (χ4n) is 11.6. The minimum atomic E-state index is -0.540. The molecule has 0 bridgehead atoms. The Kier molecular flexibility index (Phi) is 9.85. The largest absolute Gasteiger partial charge is 0.456 e. The summed E-state index contributed by atoms with van der Waals surface area (Å²) in [5.41, 5.74) is 18.1. The first-order chi connectivity index (χ1) is 37.2. The zero-order chi connectivity index (χ0) is 49.4. The van der Waals surface area contributed by atoms with E-state index in [0.29, 0.717) is 5.84 Å². The molecule has 0 radical (unpaired) electrons. The maximum absolute atomic E-state index is 6.31. The Balaban J connectivity index is 0.966. The van der Waals surface area contributed by atoms with E-state index in [1.807, 2.05) is 12.1 Å². The van der Waals surface area contributed by atoms with Gasteiger partial charge in [-0.15, -0.1) is 0 Å². The summed E-state index contributed by atoms with van der Waals surface area (Å²) in [5, 5.41) is 10.8. The van der Waals surface area contributed by atoms with E-state index in [9.17, 15) is 0 Å². The van der Waals surface area contributed by atoms with Crippen molar-refractivity contribution in [1.82, 2.24) is 14.5 Å². The number of benzene rings is 11. The molecule has 1 atom stereocenters. The van der Waals surface area contributed by atoms with Crippen LogP contribution < -0.4 is 5.32 Å². The normalized spacial score (nSPS) is 13.7. The Morgan fingerprint density at radius 3 is 1.59 bits per heavy atom. The van der Waals surface area contributed by atoms with Crippen molar-refractivity contribution in [3.05, 3.63) is 278 Å². The predicted octanol–water partition coefficient (Wildman–Crippen LogP) is 17.3. The molecule has 1 aliphatic heterocycles. The van der Waals surface area contributed by atoms with E-state index < -0.39 is 6.17 Å². The second-order valence-corrected chi connectivity index (χ2v) is 19.3. The number of hydrogen-bond acceptors (Lipinski definition) is 4. The van der Waals surface area contributed by atoms with Crippen LogP contribution in [0.25, 0.3) is 110 Å². The second-order valence-electron chi connectivity index (χ2n) is 19.3. The molecule has 0 saturated heterocycles. The van der Waals surface area contributed by atoms with Crippen LogP contribution in [0, 0.1) is 0 Å². The van der Waals surface area contributed by atoms with E-state index in [4.69, 9.17) is 14.4 Å². The third-order valence-corrected chi connectivity index (χ3v) is 15.0. The van der Waals surface area contributed by atoms with E-state index in [2.05, 4.69) is 263 Å². The molecule has 1 unspecified atom stereocenters. The van der Waals surface area contributed by atoms with Crippen LogP contribution in [0.5, 0.6) is 0 Å². The highest BCUT2D eigenvalue weighted by Crippen LogP contribution is 2.45. The summed E-state index contributed by atoms with van der Waals surface area (Å²) in [4.78, 5) is 11.0. The van der Waals surface area contributed by atoms with Crippen molar-refractivity contribution in [2.45, 2.75) is 6.17 Å². The molecule has 0 fully saturated rings. The number of amidine groups is 2. The van der Waals surface area contributed by atoms with Crippen LogP contribution in [0.1, 0.15) is 22.9 Å².